The fourth-order valence-corrected chi connectivity index (χ4v) is 2.53. The van der Waals surface area contributed by atoms with Gasteiger partial charge in [0.1, 0.15) is 5.82 Å². The molecule has 112 valence electrons. The highest BCUT2D eigenvalue weighted by Gasteiger charge is 2.38. The van der Waals surface area contributed by atoms with Gasteiger partial charge < -0.3 is 15.2 Å². The average Bonchev–Trinajstić information content (AvgIpc) is 2.79. The van der Waals surface area contributed by atoms with E-state index in [-0.39, 0.29) is 12.0 Å². The predicted molar refractivity (Wildman–Crippen MR) is 82.1 cm³/mol. The second-order valence-corrected chi connectivity index (χ2v) is 6.00. The maximum atomic E-state index is 9.42. The van der Waals surface area contributed by atoms with Crippen molar-refractivity contribution in [3.63, 3.8) is 0 Å². The van der Waals surface area contributed by atoms with E-state index in [1.807, 2.05) is 41.9 Å². The Morgan fingerprint density at radius 1 is 1.43 bits per heavy atom. The average molecular weight is 308 g/mol. The largest absolute Gasteiger partial charge is 0.396 e. The van der Waals surface area contributed by atoms with Crippen molar-refractivity contribution in [3.05, 3.63) is 41.0 Å². The van der Waals surface area contributed by atoms with Crippen molar-refractivity contribution >= 4 is 17.4 Å². The SMILES string of the molecule is Cc1cc(NCC2(CO)COC2)nn1-c1cccc(Cl)c1. The number of rotatable bonds is 5. The molecule has 0 unspecified atom stereocenters. The zero-order chi connectivity index (χ0) is 14.9. The summed E-state index contributed by atoms with van der Waals surface area (Å²) < 4.78 is 7.03. The van der Waals surface area contributed by atoms with Gasteiger partial charge in [0, 0.05) is 23.3 Å². The molecule has 6 heteroatoms. The Morgan fingerprint density at radius 3 is 2.86 bits per heavy atom. The smallest absolute Gasteiger partial charge is 0.148 e. The van der Waals surface area contributed by atoms with Crippen LogP contribution < -0.4 is 5.32 Å². The minimum absolute atomic E-state index is 0.119. The maximum Gasteiger partial charge on any atom is 0.148 e. The van der Waals surface area contributed by atoms with E-state index in [1.165, 1.54) is 0 Å². The Hall–Kier alpha value is -1.56. The number of halogens is 1. The third kappa shape index (κ3) is 2.90. The van der Waals surface area contributed by atoms with E-state index in [0.717, 1.165) is 17.2 Å². The molecule has 2 heterocycles. The van der Waals surface area contributed by atoms with Gasteiger partial charge in [-0.3, -0.25) is 0 Å². The van der Waals surface area contributed by atoms with Crippen LogP contribution >= 0.6 is 11.6 Å². The summed E-state index contributed by atoms with van der Waals surface area (Å²) in [5.74, 6) is 0.784. The summed E-state index contributed by atoms with van der Waals surface area (Å²) in [6.07, 6.45) is 0. The number of benzene rings is 1. The van der Waals surface area contributed by atoms with Crippen LogP contribution in [0.25, 0.3) is 5.69 Å². The number of aliphatic hydroxyl groups is 1. The molecular formula is C15H18ClN3O2. The van der Waals surface area contributed by atoms with Crippen LogP contribution in [-0.4, -0.2) is 41.3 Å². The number of aliphatic hydroxyl groups excluding tert-OH is 1. The van der Waals surface area contributed by atoms with Crippen LogP contribution in [0.15, 0.2) is 30.3 Å². The highest BCUT2D eigenvalue weighted by molar-refractivity contribution is 6.30. The van der Waals surface area contributed by atoms with Crippen molar-refractivity contribution in [2.24, 2.45) is 5.41 Å². The molecule has 1 fully saturated rings. The van der Waals surface area contributed by atoms with E-state index in [2.05, 4.69) is 10.4 Å². The Kier molecular flexibility index (Phi) is 3.89. The van der Waals surface area contributed by atoms with Gasteiger partial charge in [0.25, 0.3) is 0 Å². The van der Waals surface area contributed by atoms with Gasteiger partial charge in [-0.25, -0.2) is 4.68 Å². The van der Waals surface area contributed by atoms with Crippen LogP contribution in [0.3, 0.4) is 0 Å². The lowest BCUT2D eigenvalue weighted by Gasteiger charge is -2.39. The Bertz CT molecular complexity index is 632. The molecular weight excluding hydrogens is 290 g/mol. The summed E-state index contributed by atoms with van der Waals surface area (Å²) in [4.78, 5) is 0. The molecule has 0 aliphatic carbocycles. The molecule has 2 aromatic rings. The van der Waals surface area contributed by atoms with Crippen LogP contribution in [0, 0.1) is 12.3 Å². The first kappa shape index (κ1) is 14.4. The summed E-state index contributed by atoms with van der Waals surface area (Å²) >= 11 is 6.02. The molecule has 0 spiro atoms. The van der Waals surface area contributed by atoms with Gasteiger partial charge in [0.15, 0.2) is 0 Å². The lowest BCUT2D eigenvalue weighted by molar-refractivity contribution is -0.128. The molecule has 1 aromatic heterocycles. The molecule has 1 aliphatic heterocycles. The number of nitrogens with zero attached hydrogens (tertiary/aromatic N) is 2. The number of ether oxygens (including phenoxy) is 1. The predicted octanol–water partition coefficient (Wildman–Crippen LogP) is 2.25. The molecule has 0 radical (unpaired) electrons. The molecule has 0 atom stereocenters. The third-order valence-electron chi connectivity index (χ3n) is 3.74. The minimum Gasteiger partial charge on any atom is -0.396 e. The molecule has 5 nitrogen and oxygen atoms in total. The monoisotopic (exact) mass is 307 g/mol. The van der Waals surface area contributed by atoms with Crippen LogP contribution in [0.4, 0.5) is 5.82 Å². The fraction of sp³-hybridized carbons (Fsp3) is 0.400. The van der Waals surface area contributed by atoms with Crippen molar-refractivity contribution in [2.45, 2.75) is 6.92 Å². The van der Waals surface area contributed by atoms with Gasteiger partial charge in [0.2, 0.25) is 0 Å². The lowest BCUT2D eigenvalue weighted by atomic mass is 9.87. The number of aryl methyl sites for hydroxylation is 1. The van der Waals surface area contributed by atoms with E-state index in [9.17, 15) is 5.11 Å². The topological polar surface area (TPSA) is 59.3 Å². The summed E-state index contributed by atoms with van der Waals surface area (Å²) in [7, 11) is 0. The summed E-state index contributed by atoms with van der Waals surface area (Å²) in [6.45, 7) is 3.94. The van der Waals surface area contributed by atoms with Crippen molar-refractivity contribution in [2.75, 3.05) is 31.7 Å². The van der Waals surface area contributed by atoms with Gasteiger partial charge in [-0.15, -0.1) is 0 Å². The molecule has 0 saturated carbocycles. The molecule has 0 amide bonds. The molecule has 1 aliphatic rings. The quantitative estimate of drug-likeness (QED) is 0.889. The van der Waals surface area contributed by atoms with E-state index >= 15 is 0 Å². The zero-order valence-electron chi connectivity index (χ0n) is 11.8. The van der Waals surface area contributed by atoms with Gasteiger partial charge in [-0.2, -0.15) is 5.10 Å². The van der Waals surface area contributed by atoms with E-state index < -0.39 is 0 Å². The third-order valence-corrected chi connectivity index (χ3v) is 3.97. The van der Waals surface area contributed by atoms with Gasteiger partial charge in [-0.05, 0) is 25.1 Å². The van der Waals surface area contributed by atoms with Crippen molar-refractivity contribution < 1.29 is 9.84 Å². The first-order valence-electron chi connectivity index (χ1n) is 6.87. The molecule has 21 heavy (non-hydrogen) atoms. The van der Waals surface area contributed by atoms with Crippen LogP contribution in [-0.2, 0) is 4.74 Å². The summed E-state index contributed by atoms with van der Waals surface area (Å²) in [5, 5.41) is 17.9. The highest BCUT2D eigenvalue weighted by Crippen LogP contribution is 2.27. The van der Waals surface area contributed by atoms with Gasteiger partial charge in [0.05, 0.1) is 30.9 Å². The lowest BCUT2D eigenvalue weighted by Crippen LogP contribution is -2.50. The van der Waals surface area contributed by atoms with Gasteiger partial charge in [-0.1, -0.05) is 17.7 Å². The first-order chi connectivity index (χ1) is 10.1. The standard InChI is InChI=1S/C15H18ClN3O2/c1-11-5-14(17-7-15(8-20)9-21-10-15)18-19(11)13-4-2-3-12(16)6-13/h2-6,20H,7-10H2,1H3,(H,17,18). The number of nitrogens with one attached hydrogen (secondary N) is 1. The molecule has 1 aromatic carbocycles. The first-order valence-corrected chi connectivity index (χ1v) is 7.25. The number of hydrogen-bond donors (Lipinski definition) is 2. The Labute approximate surface area is 128 Å². The molecule has 2 N–H and O–H groups in total. The van der Waals surface area contributed by atoms with E-state index in [4.69, 9.17) is 16.3 Å². The normalized spacial score (nSPS) is 16.5. The van der Waals surface area contributed by atoms with E-state index in [1.54, 1.807) is 0 Å². The van der Waals surface area contributed by atoms with Crippen molar-refractivity contribution in [1.29, 1.82) is 0 Å². The second kappa shape index (κ2) is 5.67. The number of anilines is 1. The highest BCUT2D eigenvalue weighted by atomic mass is 35.5. The fourth-order valence-electron chi connectivity index (χ4n) is 2.35. The van der Waals surface area contributed by atoms with Crippen LogP contribution in [0.5, 0.6) is 0 Å². The minimum atomic E-state index is -0.173. The van der Waals surface area contributed by atoms with Gasteiger partial charge >= 0.3 is 0 Å². The molecule has 3 rings (SSSR count). The number of aromatic nitrogens is 2. The van der Waals surface area contributed by atoms with E-state index in [0.29, 0.717) is 24.8 Å². The molecule has 1 saturated heterocycles. The second-order valence-electron chi connectivity index (χ2n) is 5.57. The Morgan fingerprint density at radius 2 is 2.24 bits per heavy atom. The number of hydrogen-bond acceptors (Lipinski definition) is 4. The van der Waals surface area contributed by atoms with Crippen molar-refractivity contribution in [1.82, 2.24) is 9.78 Å². The van der Waals surface area contributed by atoms with Crippen LogP contribution in [0.2, 0.25) is 5.02 Å². The summed E-state index contributed by atoms with van der Waals surface area (Å²) in [6, 6.07) is 9.56. The maximum absolute atomic E-state index is 9.42. The zero-order valence-corrected chi connectivity index (χ0v) is 12.6. The van der Waals surface area contributed by atoms with Crippen molar-refractivity contribution in [3.8, 4) is 5.69 Å². The van der Waals surface area contributed by atoms with Crippen LogP contribution in [0.1, 0.15) is 5.69 Å². The molecule has 0 bridgehead atoms. The Balaban J connectivity index is 1.75. The summed E-state index contributed by atoms with van der Waals surface area (Å²) in [5.41, 5.74) is 1.77.